The SMILES string of the molecule is CB(O)NC(Cc1c(C)cc(C(N)=O)cc1C)C(=O)O.COC(=O)/C(=C/c1c(C)cc(C(N)=O)cc1C)NB(C)O.COC(=O)C(Cc1c(C)cc(C(N)=O)cc1C)NB(C)O. The zero-order chi connectivity index (χ0) is 47.8. The number of carbonyl (C=O) groups is 6. The van der Waals surface area contributed by atoms with Gasteiger partial charge in [0.25, 0.3) is 0 Å². The Kier molecular flexibility index (Phi) is 21.8. The van der Waals surface area contributed by atoms with E-state index in [1.54, 1.807) is 56.3 Å². The number of primary amides is 3. The number of aryl methyl sites for hydroxylation is 6. The summed E-state index contributed by atoms with van der Waals surface area (Å²) in [5.74, 6) is -3.59. The number of carboxylic acids is 1. The summed E-state index contributed by atoms with van der Waals surface area (Å²) in [6.07, 6.45) is 2.15. The molecule has 3 aromatic carbocycles. The van der Waals surface area contributed by atoms with E-state index in [-0.39, 0.29) is 12.1 Å². The minimum Gasteiger partial charge on any atom is -0.480 e. The number of carboxylic acid groups (broad SMARTS) is 1. The number of methoxy groups -OCH3 is 2. The molecule has 2 unspecified atom stereocenters. The summed E-state index contributed by atoms with van der Waals surface area (Å²) in [4.78, 5) is 68.3. The lowest BCUT2D eigenvalue weighted by Crippen LogP contribution is -2.46. The number of aliphatic carboxylic acids is 1. The van der Waals surface area contributed by atoms with Crippen LogP contribution in [0.2, 0.25) is 20.5 Å². The lowest BCUT2D eigenvalue weighted by molar-refractivity contribution is -0.142. The van der Waals surface area contributed by atoms with E-state index in [0.717, 1.165) is 50.1 Å². The maximum atomic E-state index is 11.8. The third kappa shape index (κ3) is 17.2. The van der Waals surface area contributed by atoms with Gasteiger partial charge in [0.1, 0.15) is 17.8 Å². The molecular weight excluding hydrogens is 801 g/mol. The average molecular weight is 860 g/mol. The highest BCUT2D eigenvalue weighted by Gasteiger charge is 2.25. The highest BCUT2D eigenvalue weighted by Crippen LogP contribution is 2.22. The molecule has 2 atom stereocenters. The number of hydrogen-bond donors (Lipinski definition) is 10. The lowest BCUT2D eigenvalue weighted by atomic mass is 9.85. The number of esters is 2. The Balaban J connectivity index is 0.000000465. The molecular formula is C41H59B3N6O12. The number of ether oxygens (including phenoxy) is 2. The zero-order valence-corrected chi connectivity index (χ0v) is 37.1. The average Bonchev–Trinajstić information content (AvgIpc) is 3.16. The number of rotatable bonds is 17. The van der Waals surface area contributed by atoms with Gasteiger partial charge in [0.15, 0.2) is 0 Å². The number of nitrogens with two attached hydrogens (primary N) is 3. The molecule has 13 N–H and O–H groups in total. The van der Waals surface area contributed by atoms with Crippen molar-refractivity contribution in [2.45, 2.75) is 86.9 Å². The van der Waals surface area contributed by atoms with Gasteiger partial charge in [-0.1, -0.05) is 0 Å². The molecule has 0 aromatic heterocycles. The summed E-state index contributed by atoms with van der Waals surface area (Å²) in [5, 5.41) is 45.2. The Morgan fingerprint density at radius 3 is 1.23 bits per heavy atom. The lowest BCUT2D eigenvalue weighted by Gasteiger charge is -2.20. The van der Waals surface area contributed by atoms with Crippen molar-refractivity contribution in [3.8, 4) is 0 Å². The van der Waals surface area contributed by atoms with Crippen LogP contribution in [0, 0.1) is 41.5 Å². The Morgan fingerprint density at radius 2 is 0.935 bits per heavy atom. The molecule has 0 aliphatic rings. The summed E-state index contributed by atoms with van der Waals surface area (Å²) in [5.41, 5.74) is 24.6. The molecule has 3 rings (SSSR count). The van der Waals surface area contributed by atoms with Crippen molar-refractivity contribution in [3.05, 3.63) is 109 Å². The zero-order valence-electron chi connectivity index (χ0n) is 37.1. The quantitative estimate of drug-likeness (QED) is 0.0512. The van der Waals surface area contributed by atoms with E-state index in [0.29, 0.717) is 23.1 Å². The first-order chi connectivity index (χ1) is 28.7. The first-order valence-electron chi connectivity index (χ1n) is 19.4. The molecule has 21 heteroatoms. The predicted molar refractivity (Wildman–Crippen MR) is 239 cm³/mol. The molecule has 0 aliphatic heterocycles. The molecule has 0 saturated carbocycles. The van der Waals surface area contributed by atoms with Gasteiger partial charge in [0.05, 0.1) is 14.2 Å². The van der Waals surface area contributed by atoms with Crippen LogP contribution in [0.25, 0.3) is 6.08 Å². The Hall–Kier alpha value is -5.99. The van der Waals surface area contributed by atoms with Crippen LogP contribution < -0.4 is 32.9 Å². The first-order valence-corrected chi connectivity index (χ1v) is 19.4. The second-order valence-electron chi connectivity index (χ2n) is 14.7. The number of hydrogen-bond acceptors (Lipinski definition) is 14. The van der Waals surface area contributed by atoms with E-state index in [4.69, 9.17) is 27.0 Å². The monoisotopic (exact) mass is 860 g/mol. The third-order valence-corrected chi connectivity index (χ3v) is 9.38. The van der Waals surface area contributed by atoms with E-state index in [9.17, 15) is 43.8 Å². The molecule has 334 valence electrons. The van der Waals surface area contributed by atoms with Crippen LogP contribution in [0.5, 0.6) is 0 Å². The predicted octanol–water partition coefficient (Wildman–Crippen LogP) is 0.900. The van der Waals surface area contributed by atoms with Crippen LogP contribution in [0.3, 0.4) is 0 Å². The highest BCUT2D eigenvalue weighted by atomic mass is 16.5. The molecule has 18 nitrogen and oxygen atoms in total. The Morgan fingerprint density at radius 1 is 0.597 bits per heavy atom. The molecule has 3 amide bonds. The fraction of sp³-hybridized carbons (Fsp3) is 0.366. The van der Waals surface area contributed by atoms with Gasteiger partial charge in [-0.05, 0) is 167 Å². The molecule has 0 fully saturated rings. The third-order valence-electron chi connectivity index (χ3n) is 9.38. The largest absolute Gasteiger partial charge is 0.480 e. The van der Waals surface area contributed by atoms with E-state index >= 15 is 0 Å². The maximum absolute atomic E-state index is 11.8. The molecule has 0 aliphatic carbocycles. The van der Waals surface area contributed by atoms with Crippen LogP contribution in [0.15, 0.2) is 42.1 Å². The number of carbonyl (C=O) groups excluding carboxylic acids is 5. The molecule has 0 saturated heterocycles. The summed E-state index contributed by atoms with van der Waals surface area (Å²) in [6.45, 7) is 15.4. The van der Waals surface area contributed by atoms with Crippen LogP contribution >= 0.6 is 0 Å². The minimum absolute atomic E-state index is 0.130. The maximum Gasteiger partial charge on any atom is 0.407 e. The van der Waals surface area contributed by atoms with Crippen molar-refractivity contribution in [2.24, 2.45) is 17.2 Å². The van der Waals surface area contributed by atoms with Crippen molar-refractivity contribution in [2.75, 3.05) is 14.2 Å². The van der Waals surface area contributed by atoms with Gasteiger partial charge in [-0.3, -0.25) is 24.0 Å². The van der Waals surface area contributed by atoms with Gasteiger partial charge in [-0.2, -0.15) is 0 Å². The van der Waals surface area contributed by atoms with Gasteiger partial charge in [0, 0.05) is 16.7 Å². The molecule has 0 bridgehead atoms. The van der Waals surface area contributed by atoms with Gasteiger partial charge >= 0.3 is 39.1 Å². The number of benzene rings is 3. The molecule has 3 aromatic rings. The fourth-order valence-electron chi connectivity index (χ4n) is 6.46. The van der Waals surface area contributed by atoms with Crippen molar-refractivity contribution in [3.63, 3.8) is 0 Å². The molecule has 0 heterocycles. The van der Waals surface area contributed by atoms with Crippen molar-refractivity contribution in [1.29, 1.82) is 0 Å². The second-order valence-corrected chi connectivity index (χ2v) is 14.7. The standard InChI is InChI=1S/C14H21BN2O4.C14H19BN2O4.C13H19BN2O4/c2*1-8-5-10(13(16)18)6-9(2)11(8)7-12(14(19)21-4)17-15(3)20;1-7-4-9(12(15)17)5-8(2)10(7)6-11(13(18)19)16-14(3)20/h5-6,12,17,20H,7H2,1-4H3,(H2,16,18);5-7,17,20H,1-4H3,(H2,16,18);4-5,11,16,20H,6H2,1-3H3,(H2,15,17)(H,18,19)/b;12-7-;. The van der Waals surface area contributed by atoms with E-state index in [1.165, 1.54) is 34.7 Å². The second kappa shape index (κ2) is 25.1. The topological polar surface area (TPSA) is 316 Å². The van der Waals surface area contributed by atoms with Crippen molar-refractivity contribution in [1.82, 2.24) is 15.7 Å². The Labute approximate surface area is 363 Å². The minimum atomic E-state index is -1.04. The van der Waals surface area contributed by atoms with E-state index in [1.807, 2.05) is 27.7 Å². The Bertz CT molecular complexity index is 2080. The highest BCUT2D eigenvalue weighted by molar-refractivity contribution is 6.47. The van der Waals surface area contributed by atoms with Crippen molar-refractivity contribution < 1.29 is 58.4 Å². The van der Waals surface area contributed by atoms with Gasteiger partial charge in [0.2, 0.25) is 17.7 Å². The van der Waals surface area contributed by atoms with E-state index in [2.05, 4.69) is 20.4 Å². The summed E-state index contributed by atoms with van der Waals surface area (Å²) >= 11 is 0. The number of nitrogens with one attached hydrogen (secondary N) is 3. The summed E-state index contributed by atoms with van der Waals surface area (Å²) < 4.78 is 9.41. The van der Waals surface area contributed by atoms with Gasteiger partial charge < -0.3 is 62.5 Å². The summed E-state index contributed by atoms with van der Waals surface area (Å²) in [6, 6.07) is 8.43. The molecule has 62 heavy (non-hydrogen) atoms. The molecule has 0 radical (unpaired) electrons. The van der Waals surface area contributed by atoms with Gasteiger partial charge in [-0.15, -0.1) is 0 Å². The number of amides is 3. The van der Waals surface area contributed by atoms with Crippen LogP contribution in [0.4, 0.5) is 0 Å². The summed E-state index contributed by atoms with van der Waals surface area (Å²) in [7, 11) is -0.0906. The van der Waals surface area contributed by atoms with Crippen LogP contribution in [0.1, 0.15) is 81.1 Å². The van der Waals surface area contributed by atoms with Crippen LogP contribution in [-0.2, 0) is 36.7 Å². The van der Waals surface area contributed by atoms with Gasteiger partial charge in [-0.25, -0.2) is 4.79 Å². The van der Waals surface area contributed by atoms with E-state index < -0.39 is 68.9 Å². The van der Waals surface area contributed by atoms with Crippen molar-refractivity contribution >= 4 is 62.9 Å². The normalized spacial score (nSPS) is 11.6. The molecule has 0 spiro atoms. The smallest absolute Gasteiger partial charge is 0.407 e. The first kappa shape index (κ1) is 54.0. The van der Waals surface area contributed by atoms with Crippen LogP contribution in [-0.4, -0.2) is 103 Å². The fourth-order valence-corrected chi connectivity index (χ4v) is 6.46.